The van der Waals surface area contributed by atoms with Gasteiger partial charge in [-0.1, -0.05) is 30.3 Å². The molecule has 166 valence electrons. The van der Waals surface area contributed by atoms with Gasteiger partial charge in [-0.15, -0.1) is 0 Å². The van der Waals surface area contributed by atoms with Crippen molar-refractivity contribution in [2.45, 2.75) is 25.7 Å². The summed E-state index contributed by atoms with van der Waals surface area (Å²) >= 11 is 0. The number of carbonyl (C=O) groups is 2. The van der Waals surface area contributed by atoms with Crippen LogP contribution in [-0.2, 0) is 16.1 Å². The average molecular weight is 436 g/mol. The number of halogens is 3. The van der Waals surface area contributed by atoms with Crippen molar-refractivity contribution >= 4 is 11.9 Å². The zero-order chi connectivity index (χ0) is 22.4. The lowest BCUT2D eigenvalue weighted by Gasteiger charge is -2.34. The summed E-state index contributed by atoms with van der Waals surface area (Å²) in [6.45, 7) is 2.71. The van der Waals surface area contributed by atoms with Crippen molar-refractivity contribution in [3.8, 4) is 11.5 Å². The van der Waals surface area contributed by atoms with Crippen LogP contribution in [0.4, 0.5) is 18.0 Å². The van der Waals surface area contributed by atoms with Gasteiger partial charge in [-0.2, -0.15) is 13.2 Å². The molecule has 0 radical (unpaired) electrons. The minimum Gasteiger partial charge on any atom is -0.457 e. The Balaban J connectivity index is 1.51. The molecule has 2 aromatic carbocycles. The first-order valence-electron chi connectivity index (χ1n) is 9.79. The maximum absolute atomic E-state index is 12.8. The number of ketones is 1. The summed E-state index contributed by atoms with van der Waals surface area (Å²) in [4.78, 5) is 26.5. The third-order valence-corrected chi connectivity index (χ3v) is 4.80. The van der Waals surface area contributed by atoms with E-state index >= 15 is 0 Å². The third-order valence-electron chi connectivity index (χ3n) is 4.80. The van der Waals surface area contributed by atoms with E-state index in [4.69, 9.17) is 4.74 Å². The Labute approximate surface area is 178 Å². The molecule has 31 heavy (non-hydrogen) atoms. The van der Waals surface area contributed by atoms with Crippen molar-refractivity contribution < 1.29 is 32.2 Å². The number of hydrogen-bond acceptors (Lipinski definition) is 5. The van der Waals surface area contributed by atoms with E-state index in [1.54, 1.807) is 0 Å². The Bertz CT molecular complexity index is 897. The molecule has 1 atom stereocenters. The second-order valence-electron chi connectivity index (χ2n) is 7.24. The molecule has 0 spiro atoms. The number of hydrogen-bond donors (Lipinski definition) is 0. The number of carbonyl (C=O) groups excluding carboxylic acids is 2. The number of rotatable bonds is 6. The Kier molecular flexibility index (Phi) is 7.17. The Morgan fingerprint density at radius 3 is 2.23 bits per heavy atom. The third kappa shape index (κ3) is 6.45. The Morgan fingerprint density at radius 1 is 0.968 bits per heavy atom. The summed E-state index contributed by atoms with van der Waals surface area (Å²) in [5, 5.41) is 0. The van der Waals surface area contributed by atoms with E-state index in [-0.39, 0.29) is 13.1 Å². The highest BCUT2D eigenvalue weighted by atomic mass is 19.4. The molecule has 3 rings (SSSR count). The molecule has 2 aromatic rings. The van der Waals surface area contributed by atoms with Crippen molar-refractivity contribution in [3.63, 3.8) is 0 Å². The van der Waals surface area contributed by atoms with E-state index in [9.17, 15) is 22.8 Å². The molecule has 0 N–H and O–H groups in total. The van der Waals surface area contributed by atoms with Gasteiger partial charge in [0.15, 0.2) is 5.78 Å². The van der Waals surface area contributed by atoms with Gasteiger partial charge >= 0.3 is 12.3 Å². The van der Waals surface area contributed by atoms with Crippen LogP contribution in [0.5, 0.6) is 11.5 Å². The minimum absolute atomic E-state index is 0.210. The van der Waals surface area contributed by atoms with Crippen molar-refractivity contribution in [1.82, 2.24) is 9.80 Å². The molecule has 0 saturated carbocycles. The molecular formula is C22H23F3N2O4. The Morgan fingerprint density at radius 2 is 1.61 bits per heavy atom. The first-order chi connectivity index (χ1) is 14.7. The molecule has 6 nitrogen and oxygen atoms in total. The highest BCUT2D eigenvalue weighted by Crippen LogP contribution is 2.25. The molecule has 0 aliphatic carbocycles. The minimum atomic E-state index is -4.92. The van der Waals surface area contributed by atoms with E-state index < -0.39 is 24.2 Å². The highest BCUT2D eigenvalue weighted by Gasteiger charge is 2.47. The molecule has 0 bridgehead atoms. The zero-order valence-electron chi connectivity index (χ0n) is 17.0. The molecule has 1 saturated heterocycles. The largest absolute Gasteiger partial charge is 0.457 e. The molecule has 1 fully saturated rings. The monoisotopic (exact) mass is 436 g/mol. The first-order valence-corrected chi connectivity index (χ1v) is 9.79. The SMILES string of the molecule is CC(=O)C(OC(=O)N1CCN(Cc2cccc(Oc3ccccc3)c2)CC1)C(F)(F)F. The van der Waals surface area contributed by atoms with Gasteiger partial charge in [0.2, 0.25) is 0 Å². The van der Waals surface area contributed by atoms with Crippen molar-refractivity contribution in [2.24, 2.45) is 0 Å². The summed E-state index contributed by atoms with van der Waals surface area (Å²) in [6.07, 6.45) is -8.78. The van der Waals surface area contributed by atoms with Crippen LogP contribution in [0.25, 0.3) is 0 Å². The summed E-state index contributed by atoms with van der Waals surface area (Å²) in [7, 11) is 0. The van der Waals surface area contributed by atoms with Crippen LogP contribution in [0.3, 0.4) is 0 Å². The van der Waals surface area contributed by atoms with E-state index in [0.29, 0.717) is 25.4 Å². The van der Waals surface area contributed by atoms with Crippen LogP contribution in [-0.4, -0.2) is 60.1 Å². The standard InChI is InChI=1S/C22H23F3N2O4/c1-16(28)20(22(23,24)25)31-21(29)27-12-10-26(11-13-27)15-17-6-5-9-19(14-17)30-18-7-3-2-4-8-18/h2-9,14,20H,10-13,15H2,1H3. The van der Waals surface area contributed by atoms with Gasteiger partial charge in [0.25, 0.3) is 6.10 Å². The van der Waals surface area contributed by atoms with Gasteiger partial charge in [0, 0.05) is 32.7 Å². The van der Waals surface area contributed by atoms with Gasteiger partial charge in [0.1, 0.15) is 11.5 Å². The second kappa shape index (κ2) is 9.82. The summed E-state index contributed by atoms with van der Waals surface area (Å²) in [6, 6.07) is 17.0. The number of nitrogens with zero attached hydrogens (tertiary/aromatic N) is 2. The lowest BCUT2D eigenvalue weighted by atomic mass is 10.2. The van der Waals surface area contributed by atoms with Gasteiger partial charge in [0.05, 0.1) is 0 Å². The van der Waals surface area contributed by atoms with E-state index in [1.165, 1.54) is 4.90 Å². The van der Waals surface area contributed by atoms with E-state index in [1.807, 2.05) is 54.6 Å². The zero-order valence-corrected chi connectivity index (χ0v) is 17.0. The molecule has 1 aliphatic heterocycles. The molecule has 9 heteroatoms. The van der Waals surface area contributed by atoms with Crippen molar-refractivity contribution in [2.75, 3.05) is 26.2 Å². The fourth-order valence-electron chi connectivity index (χ4n) is 3.23. The fourth-order valence-corrected chi connectivity index (χ4v) is 3.23. The quantitative estimate of drug-likeness (QED) is 0.678. The number of ether oxygens (including phenoxy) is 2. The predicted molar refractivity (Wildman–Crippen MR) is 107 cm³/mol. The average Bonchev–Trinajstić information content (AvgIpc) is 2.72. The highest BCUT2D eigenvalue weighted by molar-refractivity contribution is 5.84. The smallest absolute Gasteiger partial charge is 0.432 e. The number of piperazine rings is 1. The molecule has 1 aliphatic rings. The van der Waals surface area contributed by atoms with E-state index in [0.717, 1.165) is 18.2 Å². The number of amides is 1. The van der Waals surface area contributed by atoms with Gasteiger partial charge < -0.3 is 14.4 Å². The van der Waals surface area contributed by atoms with Gasteiger partial charge in [-0.25, -0.2) is 4.79 Å². The molecule has 1 amide bonds. The summed E-state index contributed by atoms with van der Waals surface area (Å²) in [5.41, 5.74) is 1.01. The number of alkyl halides is 3. The second-order valence-corrected chi connectivity index (χ2v) is 7.24. The van der Waals surface area contributed by atoms with Crippen LogP contribution in [0.1, 0.15) is 12.5 Å². The van der Waals surface area contributed by atoms with Crippen molar-refractivity contribution in [3.05, 3.63) is 60.2 Å². The first kappa shape index (κ1) is 22.6. The predicted octanol–water partition coefficient (Wildman–Crippen LogP) is 4.25. The fraction of sp³-hybridized carbons (Fsp3) is 0.364. The van der Waals surface area contributed by atoms with Gasteiger partial charge in [-0.3, -0.25) is 9.69 Å². The molecule has 1 unspecified atom stereocenters. The number of Topliss-reactive ketones (excluding diaryl/α,β-unsaturated/α-hetero) is 1. The van der Waals surface area contributed by atoms with Crippen LogP contribution >= 0.6 is 0 Å². The van der Waals surface area contributed by atoms with Crippen LogP contribution in [0.15, 0.2) is 54.6 Å². The molecule has 1 heterocycles. The van der Waals surface area contributed by atoms with Gasteiger partial charge in [-0.05, 0) is 36.8 Å². The maximum Gasteiger partial charge on any atom is 0.432 e. The van der Waals surface area contributed by atoms with E-state index in [2.05, 4.69) is 9.64 Å². The summed E-state index contributed by atoms with van der Waals surface area (Å²) in [5.74, 6) is 0.180. The number of para-hydroxylation sites is 1. The lowest BCUT2D eigenvalue weighted by Crippen LogP contribution is -2.50. The summed E-state index contributed by atoms with van der Waals surface area (Å²) < 4.78 is 48.8. The number of benzene rings is 2. The van der Waals surface area contributed by atoms with Crippen LogP contribution < -0.4 is 4.74 Å². The molecular weight excluding hydrogens is 413 g/mol. The lowest BCUT2D eigenvalue weighted by molar-refractivity contribution is -0.204. The Hall–Kier alpha value is -3.07. The van der Waals surface area contributed by atoms with Crippen LogP contribution in [0, 0.1) is 0 Å². The van der Waals surface area contributed by atoms with Crippen molar-refractivity contribution in [1.29, 1.82) is 0 Å². The maximum atomic E-state index is 12.8. The normalized spacial score (nSPS) is 15.9. The van der Waals surface area contributed by atoms with Crippen LogP contribution in [0.2, 0.25) is 0 Å². The topological polar surface area (TPSA) is 59.1 Å². The molecule has 0 aromatic heterocycles.